The van der Waals surface area contributed by atoms with Crippen LogP contribution in [0.1, 0.15) is 23.7 Å². The molecule has 0 saturated heterocycles. The van der Waals surface area contributed by atoms with Gasteiger partial charge in [-0.25, -0.2) is 4.98 Å². The third kappa shape index (κ3) is 7.56. The molecule has 2 heterocycles. The molecule has 0 atom stereocenters. The molecule has 46 heavy (non-hydrogen) atoms. The fraction of sp³-hybridized carbons (Fsp3) is 0.143. The van der Waals surface area contributed by atoms with E-state index in [2.05, 4.69) is 10.3 Å². The van der Waals surface area contributed by atoms with Crippen molar-refractivity contribution in [2.24, 2.45) is 0 Å². The molecule has 3 amide bonds. The summed E-state index contributed by atoms with van der Waals surface area (Å²) in [4.78, 5) is 45.3. The molecule has 0 aliphatic carbocycles. The molecule has 3 aromatic carbocycles. The lowest BCUT2D eigenvalue weighted by Gasteiger charge is -2.21. The van der Waals surface area contributed by atoms with Crippen molar-refractivity contribution in [1.29, 1.82) is 0 Å². The minimum absolute atomic E-state index is 0.0611. The summed E-state index contributed by atoms with van der Waals surface area (Å²) in [5, 5.41) is 8.03. The smallest absolute Gasteiger partial charge is 0.246 e. The van der Waals surface area contributed by atoms with E-state index in [1.807, 2.05) is 78.3 Å². The molecule has 5 rings (SSSR count). The van der Waals surface area contributed by atoms with Gasteiger partial charge < -0.3 is 15.0 Å². The van der Waals surface area contributed by atoms with E-state index in [1.165, 1.54) is 29.2 Å². The number of amides is 3. The number of thiophene rings is 1. The van der Waals surface area contributed by atoms with Gasteiger partial charge in [0.15, 0.2) is 0 Å². The normalized spacial score (nSPS) is 11.1. The van der Waals surface area contributed by atoms with Crippen molar-refractivity contribution in [2.75, 3.05) is 23.4 Å². The van der Waals surface area contributed by atoms with Crippen LogP contribution in [0.25, 0.3) is 17.0 Å². The molecular formula is C35H30Cl2N4O4S. The van der Waals surface area contributed by atoms with Gasteiger partial charge in [-0.05, 0) is 66.4 Å². The highest BCUT2D eigenvalue weighted by Crippen LogP contribution is 2.35. The Morgan fingerprint density at radius 1 is 0.978 bits per heavy atom. The first-order valence-electron chi connectivity index (χ1n) is 14.2. The fourth-order valence-electron chi connectivity index (χ4n) is 4.74. The van der Waals surface area contributed by atoms with E-state index in [9.17, 15) is 14.4 Å². The number of halogens is 2. The van der Waals surface area contributed by atoms with E-state index < -0.39 is 5.91 Å². The Kier molecular flexibility index (Phi) is 10.4. The minimum Gasteiger partial charge on any atom is -0.487 e. The number of aromatic nitrogens is 1. The Morgan fingerprint density at radius 3 is 2.48 bits per heavy atom. The second kappa shape index (κ2) is 14.6. The van der Waals surface area contributed by atoms with Crippen LogP contribution in [0.2, 0.25) is 10.0 Å². The van der Waals surface area contributed by atoms with Crippen LogP contribution < -0.4 is 19.9 Å². The van der Waals surface area contributed by atoms with E-state index in [4.69, 9.17) is 27.9 Å². The zero-order valence-corrected chi connectivity index (χ0v) is 27.6. The van der Waals surface area contributed by atoms with Gasteiger partial charge >= 0.3 is 0 Å². The summed E-state index contributed by atoms with van der Waals surface area (Å²) < 4.78 is 6.09. The number of anilines is 3. The van der Waals surface area contributed by atoms with Crippen molar-refractivity contribution in [1.82, 2.24) is 10.3 Å². The summed E-state index contributed by atoms with van der Waals surface area (Å²) in [6, 6.07) is 22.0. The summed E-state index contributed by atoms with van der Waals surface area (Å²) in [5.41, 5.74) is 4.82. The highest BCUT2D eigenvalue weighted by Gasteiger charge is 2.19. The lowest BCUT2D eigenvalue weighted by Crippen LogP contribution is -2.37. The summed E-state index contributed by atoms with van der Waals surface area (Å²) in [7, 11) is 1.57. The summed E-state index contributed by atoms with van der Waals surface area (Å²) in [5.74, 6) is -0.335. The Morgan fingerprint density at radius 2 is 1.76 bits per heavy atom. The van der Waals surface area contributed by atoms with Gasteiger partial charge in [0.1, 0.15) is 17.9 Å². The number of benzene rings is 3. The van der Waals surface area contributed by atoms with Crippen LogP contribution in [0.5, 0.6) is 5.75 Å². The molecule has 0 spiro atoms. The Hall–Kier alpha value is -4.70. The highest BCUT2D eigenvalue weighted by molar-refractivity contribution is 7.08. The maximum atomic E-state index is 13.0. The number of rotatable bonds is 10. The largest absolute Gasteiger partial charge is 0.487 e. The molecule has 0 radical (unpaired) electrons. The first-order valence-corrected chi connectivity index (χ1v) is 15.9. The number of hydrogen-bond acceptors (Lipinski definition) is 6. The van der Waals surface area contributed by atoms with Gasteiger partial charge in [-0.1, -0.05) is 53.5 Å². The number of aryl methyl sites for hydroxylation is 1. The molecule has 0 aliphatic rings. The molecule has 0 bridgehead atoms. The van der Waals surface area contributed by atoms with Crippen LogP contribution in [0, 0.1) is 6.92 Å². The van der Waals surface area contributed by atoms with Crippen molar-refractivity contribution in [3.05, 3.63) is 116 Å². The average Bonchev–Trinajstić information content (AvgIpc) is 3.57. The lowest BCUT2D eigenvalue weighted by atomic mass is 10.1. The van der Waals surface area contributed by atoms with Crippen molar-refractivity contribution < 1.29 is 19.1 Å². The number of ether oxygens (including phenoxy) is 1. The predicted octanol–water partition coefficient (Wildman–Crippen LogP) is 7.97. The van der Waals surface area contributed by atoms with Gasteiger partial charge in [-0.15, -0.1) is 0 Å². The monoisotopic (exact) mass is 672 g/mol. The van der Waals surface area contributed by atoms with E-state index in [-0.39, 0.29) is 30.0 Å². The molecular weight excluding hydrogens is 643 g/mol. The fourth-order valence-corrected chi connectivity index (χ4v) is 5.97. The lowest BCUT2D eigenvalue weighted by molar-refractivity contribution is -0.122. The van der Waals surface area contributed by atoms with Crippen molar-refractivity contribution in [3.63, 3.8) is 0 Å². The number of hydrogen-bond donors (Lipinski definition) is 1. The molecule has 0 unspecified atom stereocenters. The summed E-state index contributed by atoms with van der Waals surface area (Å²) in [6.45, 7) is 3.23. The predicted molar refractivity (Wildman–Crippen MR) is 186 cm³/mol. The summed E-state index contributed by atoms with van der Waals surface area (Å²) >= 11 is 14.7. The molecule has 0 saturated carbocycles. The van der Waals surface area contributed by atoms with Crippen molar-refractivity contribution >= 4 is 86.3 Å². The molecule has 0 aliphatic heterocycles. The first-order chi connectivity index (χ1) is 22.1. The third-order valence-electron chi connectivity index (χ3n) is 7.17. The SMILES string of the molecule is CC(=O)N(c1ccc(C=CC(=O)NCC(=O)N(C)c2ccc(Cl)c(COc3cccc4ccc(C)nc34)c2Cl)cc1)c1ccsc1. The number of nitrogens with zero attached hydrogens (tertiary/aromatic N) is 3. The first kappa shape index (κ1) is 32.7. The van der Waals surface area contributed by atoms with Gasteiger partial charge in [0.2, 0.25) is 17.7 Å². The number of pyridine rings is 1. The molecule has 8 nitrogen and oxygen atoms in total. The average molecular weight is 674 g/mol. The minimum atomic E-state index is -0.440. The molecule has 0 fully saturated rings. The van der Waals surface area contributed by atoms with Crippen LogP contribution in [0.3, 0.4) is 0 Å². The molecule has 11 heteroatoms. The number of fused-ring (bicyclic) bond motifs is 1. The number of nitrogens with one attached hydrogen (secondary N) is 1. The Labute approximate surface area is 280 Å². The second-order valence-electron chi connectivity index (χ2n) is 10.4. The highest BCUT2D eigenvalue weighted by atomic mass is 35.5. The number of carbonyl (C=O) groups excluding carboxylic acids is 3. The van der Waals surface area contributed by atoms with E-state index in [0.29, 0.717) is 22.0 Å². The van der Waals surface area contributed by atoms with Crippen LogP contribution in [-0.4, -0.2) is 36.3 Å². The topological polar surface area (TPSA) is 91.8 Å². The summed E-state index contributed by atoms with van der Waals surface area (Å²) in [6.07, 6.45) is 2.98. The van der Waals surface area contributed by atoms with Gasteiger partial charge in [-0.2, -0.15) is 11.3 Å². The molecule has 2 aromatic heterocycles. The zero-order chi connectivity index (χ0) is 32.8. The number of likely N-dealkylation sites (N-methyl/N-ethyl adjacent to an activating group) is 1. The quantitative estimate of drug-likeness (QED) is 0.152. The Balaban J connectivity index is 1.19. The van der Waals surface area contributed by atoms with E-state index in [0.717, 1.165) is 33.5 Å². The van der Waals surface area contributed by atoms with E-state index >= 15 is 0 Å². The van der Waals surface area contributed by atoms with E-state index in [1.54, 1.807) is 30.2 Å². The van der Waals surface area contributed by atoms with Gasteiger partial charge in [-0.3, -0.25) is 19.3 Å². The Bertz CT molecular complexity index is 1930. The number of para-hydroxylation sites is 1. The van der Waals surface area contributed by atoms with Crippen molar-refractivity contribution in [2.45, 2.75) is 20.5 Å². The standard InChI is InChI=1S/C35H30Cl2N4O4S/c1-22-7-11-25-5-4-6-31(35(25)39-22)45-20-28-29(36)14-15-30(34(28)37)40(3)33(44)19-38-32(43)16-10-24-8-12-26(13-9-24)41(23(2)42)27-17-18-46-21-27/h4-18,21H,19-20H2,1-3H3,(H,38,43). The van der Waals surface area contributed by atoms with Gasteiger partial charge in [0.05, 0.1) is 22.9 Å². The molecule has 5 aromatic rings. The maximum Gasteiger partial charge on any atom is 0.246 e. The van der Waals surface area contributed by atoms with Gasteiger partial charge in [0, 0.05) is 52.8 Å². The molecule has 234 valence electrons. The van der Waals surface area contributed by atoms with Crippen LogP contribution in [0.15, 0.2) is 89.6 Å². The molecule has 1 N–H and O–H groups in total. The third-order valence-corrected chi connectivity index (χ3v) is 8.61. The van der Waals surface area contributed by atoms with Crippen LogP contribution in [0.4, 0.5) is 17.1 Å². The van der Waals surface area contributed by atoms with Crippen molar-refractivity contribution in [3.8, 4) is 5.75 Å². The van der Waals surface area contributed by atoms with Crippen LogP contribution in [-0.2, 0) is 21.0 Å². The van der Waals surface area contributed by atoms with Gasteiger partial charge in [0.25, 0.3) is 0 Å². The van der Waals surface area contributed by atoms with Crippen LogP contribution >= 0.6 is 34.5 Å². The zero-order valence-electron chi connectivity index (χ0n) is 25.3. The second-order valence-corrected chi connectivity index (χ2v) is 11.9. The maximum absolute atomic E-state index is 13.0. The number of carbonyl (C=O) groups is 3.